The third-order valence-electron chi connectivity index (χ3n) is 3.12. The average Bonchev–Trinajstić information content (AvgIpc) is 2.45. The van der Waals surface area contributed by atoms with Gasteiger partial charge in [0.1, 0.15) is 5.69 Å². The molecule has 0 saturated carbocycles. The van der Waals surface area contributed by atoms with Gasteiger partial charge in [-0.05, 0) is 38.5 Å². The number of benzene rings is 1. The Bertz CT molecular complexity index is 559. The van der Waals surface area contributed by atoms with Crippen molar-refractivity contribution in [2.45, 2.75) is 32.9 Å². The highest BCUT2D eigenvalue weighted by Crippen LogP contribution is 2.19. The van der Waals surface area contributed by atoms with Crippen molar-refractivity contribution in [2.24, 2.45) is 0 Å². The lowest BCUT2D eigenvalue weighted by molar-refractivity contribution is 0.0553. The molecule has 0 spiro atoms. The molecule has 104 valence electrons. The van der Waals surface area contributed by atoms with Crippen molar-refractivity contribution in [3.63, 3.8) is 0 Å². The molecule has 0 atom stereocenters. The topological polar surface area (TPSA) is 33.2 Å². The van der Waals surface area contributed by atoms with Gasteiger partial charge in [-0.1, -0.05) is 36.4 Å². The Morgan fingerprint density at radius 1 is 1.05 bits per heavy atom. The quantitative estimate of drug-likeness (QED) is 0.853. The van der Waals surface area contributed by atoms with Gasteiger partial charge in [0.05, 0.1) is 0 Å². The minimum Gasteiger partial charge on any atom is -0.328 e. The van der Waals surface area contributed by atoms with Crippen molar-refractivity contribution < 1.29 is 4.79 Å². The standard InChI is InChI=1S/C17H20N2O/c1-17(2,3)19(13-14-9-5-4-6-10-14)16(20)15-11-7-8-12-18-15/h4-12H,13H2,1-3H3. The van der Waals surface area contributed by atoms with Crippen LogP contribution in [0.4, 0.5) is 0 Å². The highest BCUT2D eigenvalue weighted by molar-refractivity contribution is 5.92. The molecular weight excluding hydrogens is 248 g/mol. The van der Waals surface area contributed by atoms with Crippen molar-refractivity contribution in [3.05, 3.63) is 66.0 Å². The lowest BCUT2D eigenvalue weighted by Gasteiger charge is -2.35. The monoisotopic (exact) mass is 268 g/mol. The van der Waals surface area contributed by atoms with E-state index < -0.39 is 0 Å². The van der Waals surface area contributed by atoms with Gasteiger partial charge in [0.2, 0.25) is 0 Å². The Hall–Kier alpha value is -2.16. The normalized spacial score (nSPS) is 11.2. The first-order chi connectivity index (χ1) is 9.48. The van der Waals surface area contributed by atoms with E-state index in [0.29, 0.717) is 12.2 Å². The van der Waals surface area contributed by atoms with Gasteiger partial charge in [-0.15, -0.1) is 0 Å². The molecule has 0 aliphatic heterocycles. The van der Waals surface area contributed by atoms with E-state index in [4.69, 9.17) is 0 Å². The largest absolute Gasteiger partial charge is 0.328 e. The SMILES string of the molecule is CC(C)(C)N(Cc1ccccc1)C(=O)c1ccccn1. The van der Waals surface area contributed by atoms with E-state index in [1.807, 2.05) is 68.1 Å². The summed E-state index contributed by atoms with van der Waals surface area (Å²) in [5.74, 6) is -0.0399. The minimum absolute atomic E-state index is 0.0399. The van der Waals surface area contributed by atoms with Gasteiger partial charge < -0.3 is 4.90 Å². The second-order valence-corrected chi connectivity index (χ2v) is 5.76. The number of nitrogens with zero attached hydrogens (tertiary/aromatic N) is 2. The van der Waals surface area contributed by atoms with E-state index in [2.05, 4.69) is 4.98 Å². The van der Waals surface area contributed by atoms with E-state index >= 15 is 0 Å². The summed E-state index contributed by atoms with van der Waals surface area (Å²) in [5.41, 5.74) is 1.34. The van der Waals surface area contributed by atoms with E-state index in [1.165, 1.54) is 0 Å². The van der Waals surface area contributed by atoms with Gasteiger partial charge in [0, 0.05) is 18.3 Å². The number of aromatic nitrogens is 1. The predicted octanol–water partition coefficient (Wildman–Crippen LogP) is 3.52. The van der Waals surface area contributed by atoms with Crippen LogP contribution < -0.4 is 0 Å². The fourth-order valence-corrected chi connectivity index (χ4v) is 2.01. The van der Waals surface area contributed by atoms with Crippen molar-refractivity contribution in [1.29, 1.82) is 0 Å². The van der Waals surface area contributed by atoms with Crippen LogP contribution in [0, 0.1) is 0 Å². The van der Waals surface area contributed by atoms with Gasteiger partial charge in [-0.2, -0.15) is 0 Å². The van der Waals surface area contributed by atoms with Gasteiger partial charge in [-0.3, -0.25) is 9.78 Å². The van der Waals surface area contributed by atoms with Crippen LogP contribution in [0.2, 0.25) is 0 Å². The molecule has 2 aromatic rings. The Kier molecular flexibility index (Phi) is 4.18. The number of rotatable bonds is 3. The number of carbonyl (C=O) groups excluding carboxylic acids is 1. The maximum absolute atomic E-state index is 12.7. The molecule has 1 amide bonds. The molecule has 0 aliphatic rings. The van der Waals surface area contributed by atoms with Gasteiger partial charge >= 0.3 is 0 Å². The number of hydrogen-bond acceptors (Lipinski definition) is 2. The van der Waals surface area contributed by atoms with Crippen LogP contribution in [0.5, 0.6) is 0 Å². The molecule has 3 heteroatoms. The summed E-state index contributed by atoms with van der Waals surface area (Å²) in [4.78, 5) is 18.7. The van der Waals surface area contributed by atoms with Crippen molar-refractivity contribution in [2.75, 3.05) is 0 Å². The van der Waals surface area contributed by atoms with Crippen molar-refractivity contribution >= 4 is 5.91 Å². The summed E-state index contributed by atoms with van der Waals surface area (Å²) >= 11 is 0. The maximum Gasteiger partial charge on any atom is 0.273 e. The van der Waals surface area contributed by atoms with Crippen molar-refractivity contribution in [1.82, 2.24) is 9.88 Å². The number of hydrogen-bond donors (Lipinski definition) is 0. The summed E-state index contributed by atoms with van der Waals surface area (Å²) in [6, 6.07) is 15.4. The van der Waals surface area contributed by atoms with E-state index in [1.54, 1.807) is 12.3 Å². The lowest BCUT2D eigenvalue weighted by atomic mass is 10.0. The summed E-state index contributed by atoms with van der Waals surface area (Å²) in [5, 5.41) is 0. The molecular formula is C17H20N2O. The summed E-state index contributed by atoms with van der Waals surface area (Å²) in [6.45, 7) is 6.70. The zero-order chi connectivity index (χ0) is 14.6. The first-order valence-electron chi connectivity index (χ1n) is 6.75. The molecule has 0 radical (unpaired) electrons. The van der Waals surface area contributed by atoms with E-state index in [9.17, 15) is 4.79 Å². The molecule has 3 nitrogen and oxygen atoms in total. The fraction of sp³-hybridized carbons (Fsp3) is 0.294. The molecule has 0 unspecified atom stereocenters. The molecule has 2 rings (SSSR count). The third kappa shape index (κ3) is 3.44. The minimum atomic E-state index is -0.259. The molecule has 1 aromatic carbocycles. The molecule has 0 bridgehead atoms. The Morgan fingerprint density at radius 2 is 1.70 bits per heavy atom. The van der Waals surface area contributed by atoms with Crippen molar-refractivity contribution in [3.8, 4) is 0 Å². The summed E-state index contributed by atoms with van der Waals surface area (Å²) < 4.78 is 0. The summed E-state index contributed by atoms with van der Waals surface area (Å²) in [6.07, 6.45) is 1.65. The van der Waals surface area contributed by atoms with Crippen LogP contribution in [-0.4, -0.2) is 21.3 Å². The molecule has 0 saturated heterocycles. The van der Waals surface area contributed by atoms with Gasteiger partial charge in [-0.25, -0.2) is 0 Å². The van der Waals surface area contributed by atoms with Crippen LogP contribution >= 0.6 is 0 Å². The molecule has 0 N–H and O–H groups in total. The van der Waals surface area contributed by atoms with Gasteiger partial charge in [0.25, 0.3) is 5.91 Å². The zero-order valence-corrected chi connectivity index (χ0v) is 12.2. The Balaban J connectivity index is 2.27. The second kappa shape index (κ2) is 5.87. The van der Waals surface area contributed by atoms with Crippen LogP contribution in [-0.2, 0) is 6.54 Å². The Labute approximate surface area is 120 Å². The number of carbonyl (C=O) groups is 1. The fourth-order valence-electron chi connectivity index (χ4n) is 2.01. The lowest BCUT2D eigenvalue weighted by Crippen LogP contribution is -2.45. The molecule has 0 fully saturated rings. The smallest absolute Gasteiger partial charge is 0.273 e. The van der Waals surface area contributed by atoms with Crippen LogP contribution in [0.25, 0.3) is 0 Å². The van der Waals surface area contributed by atoms with Crippen LogP contribution in [0.3, 0.4) is 0 Å². The highest BCUT2D eigenvalue weighted by atomic mass is 16.2. The molecule has 0 aliphatic carbocycles. The van der Waals surface area contributed by atoms with E-state index in [0.717, 1.165) is 5.56 Å². The second-order valence-electron chi connectivity index (χ2n) is 5.76. The zero-order valence-electron chi connectivity index (χ0n) is 12.2. The first-order valence-corrected chi connectivity index (χ1v) is 6.75. The van der Waals surface area contributed by atoms with Crippen LogP contribution in [0.15, 0.2) is 54.7 Å². The molecule has 20 heavy (non-hydrogen) atoms. The predicted molar refractivity (Wildman–Crippen MR) is 80.3 cm³/mol. The average molecular weight is 268 g/mol. The number of amides is 1. The van der Waals surface area contributed by atoms with Gasteiger partial charge in [0.15, 0.2) is 0 Å². The molecule has 1 heterocycles. The first kappa shape index (κ1) is 14.3. The highest BCUT2D eigenvalue weighted by Gasteiger charge is 2.27. The van der Waals surface area contributed by atoms with Crippen LogP contribution in [0.1, 0.15) is 36.8 Å². The molecule has 1 aromatic heterocycles. The number of pyridine rings is 1. The maximum atomic E-state index is 12.7. The third-order valence-corrected chi connectivity index (χ3v) is 3.12. The summed E-state index contributed by atoms with van der Waals surface area (Å²) in [7, 11) is 0. The van der Waals surface area contributed by atoms with E-state index in [-0.39, 0.29) is 11.4 Å². The Morgan fingerprint density at radius 3 is 2.25 bits per heavy atom.